The molecule has 1 aliphatic rings. The van der Waals surface area contributed by atoms with Crippen LogP contribution in [0.2, 0.25) is 0 Å². The van der Waals surface area contributed by atoms with Crippen molar-refractivity contribution in [1.82, 2.24) is 0 Å². The highest BCUT2D eigenvalue weighted by Gasteiger charge is 2.49. The first-order valence-electron chi connectivity index (χ1n) is 10.5. The van der Waals surface area contributed by atoms with E-state index in [0.717, 1.165) is 0 Å². The summed E-state index contributed by atoms with van der Waals surface area (Å²) in [5.74, 6) is -1.59. The van der Waals surface area contributed by atoms with Gasteiger partial charge in [-0.3, -0.25) is 14.4 Å². The van der Waals surface area contributed by atoms with Crippen LogP contribution in [0.15, 0.2) is 0 Å². The van der Waals surface area contributed by atoms with E-state index in [-0.39, 0.29) is 43.6 Å². The number of carbonyl (C=O) groups is 3. The third-order valence-corrected chi connectivity index (χ3v) is 4.30. The summed E-state index contributed by atoms with van der Waals surface area (Å²) >= 11 is 0. The van der Waals surface area contributed by atoms with Crippen molar-refractivity contribution < 1.29 is 43.5 Å². The predicted octanol–water partition coefficient (Wildman–Crippen LogP) is 1.57. The van der Waals surface area contributed by atoms with E-state index in [1.54, 1.807) is 0 Å². The average molecular weight is 433 g/mol. The lowest BCUT2D eigenvalue weighted by Crippen LogP contribution is -2.61. The van der Waals surface area contributed by atoms with Crippen LogP contribution in [0, 0.1) is 17.8 Å². The third kappa shape index (κ3) is 8.97. The van der Waals surface area contributed by atoms with Crippen LogP contribution in [-0.4, -0.2) is 65.4 Å². The number of aliphatic hydroxyl groups excluding tert-OH is 2. The molecule has 0 bridgehead atoms. The lowest BCUT2D eigenvalue weighted by atomic mass is 9.98. The Balaban J connectivity index is 2.91. The van der Waals surface area contributed by atoms with Gasteiger partial charge in [-0.15, -0.1) is 0 Å². The second kappa shape index (κ2) is 12.2. The Morgan fingerprint density at radius 1 is 0.767 bits per heavy atom. The summed E-state index contributed by atoms with van der Waals surface area (Å²) in [6.07, 6.45) is -6.66. The summed E-state index contributed by atoms with van der Waals surface area (Å²) < 4.78 is 21.1. The van der Waals surface area contributed by atoms with Gasteiger partial charge < -0.3 is 29.2 Å². The number of rotatable bonds is 10. The monoisotopic (exact) mass is 432 g/mol. The van der Waals surface area contributed by atoms with Gasteiger partial charge in [0.25, 0.3) is 0 Å². The molecule has 2 N–H and O–H groups in total. The van der Waals surface area contributed by atoms with Crippen LogP contribution in [0.1, 0.15) is 60.8 Å². The van der Waals surface area contributed by atoms with E-state index in [9.17, 15) is 24.6 Å². The van der Waals surface area contributed by atoms with Crippen LogP contribution in [0.5, 0.6) is 0 Å². The van der Waals surface area contributed by atoms with Crippen molar-refractivity contribution in [2.24, 2.45) is 17.8 Å². The zero-order chi connectivity index (χ0) is 23.0. The molecule has 1 aliphatic heterocycles. The van der Waals surface area contributed by atoms with E-state index < -0.39 is 48.6 Å². The summed E-state index contributed by atoms with van der Waals surface area (Å²) in [4.78, 5) is 36.1. The second-order valence-corrected chi connectivity index (χ2v) is 8.94. The van der Waals surface area contributed by atoms with E-state index in [0.29, 0.717) is 0 Å². The fraction of sp³-hybridized carbons (Fsp3) is 0.857. The Morgan fingerprint density at radius 3 is 1.67 bits per heavy atom. The van der Waals surface area contributed by atoms with E-state index in [4.69, 9.17) is 18.9 Å². The fourth-order valence-corrected chi connectivity index (χ4v) is 2.94. The molecule has 0 aliphatic carbocycles. The molecule has 0 saturated carbocycles. The highest BCUT2D eigenvalue weighted by Crippen LogP contribution is 2.27. The lowest BCUT2D eigenvalue weighted by molar-refractivity contribution is -0.294. The molecule has 30 heavy (non-hydrogen) atoms. The molecule has 1 fully saturated rings. The van der Waals surface area contributed by atoms with Gasteiger partial charge in [-0.1, -0.05) is 41.5 Å². The van der Waals surface area contributed by atoms with Gasteiger partial charge in [-0.25, -0.2) is 0 Å². The number of hydrogen-bond acceptors (Lipinski definition) is 9. The average Bonchev–Trinajstić information content (AvgIpc) is 2.57. The first-order chi connectivity index (χ1) is 13.9. The molecule has 1 rings (SSSR count). The Bertz CT molecular complexity index is 573. The maximum atomic E-state index is 12.2. The second-order valence-electron chi connectivity index (χ2n) is 8.94. The summed E-state index contributed by atoms with van der Waals surface area (Å²) in [6.45, 7) is 10.7. The molecular weight excluding hydrogens is 396 g/mol. The molecule has 0 aromatic carbocycles. The predicted molar refractivity (Wildman–Crippen MR) is 106 cm³/mol. The smallest absolute Gasteiger partial charge is 0.306 e. The van der Waals surface area contributed by atoms with Crippen LogP contribution >= 0.6 is 0 Å². The molecule has 0 unspecified atom stereocenters. The van der Waals surface area contributed by atoms with Gasteiger partial charge >= 0.3 is 17.9 Å². The maximum Gasteiger partial charge on any atom is 0.306 e. The van der Waals surface area contributed by atoms with Gasteiger partial charge in [0.2, 0.25) is 0 Å². The van der Waals surface area contributed by atoms with Crippen molar-refractivity contribution in [2.45, 2.75) is 91.5 Å². The molecule has 0 aromatic rings. The van der Waals surface area contributed by atoms with E-state index in [1.807, 2.05) is 41.5 Å². The summed E-state index contributed by atoms with van der Waals surface area (Å²) in [5, 5.41) is 21.1. The molecule has 0 amide bonds. The number of carbonyl (C=O) groups excluding carboxylic acids is 3. The standard InChI is InChI=1S/C21H36O9/c1-11(2)7-15(22)27-10-14-18(25)19(29-16(23)8-12(3)4)20(21(26)28-14)30-17(24)9-13(5)6/h11-14,18-21,25-26H,7-10H2,1-6H3/t14-,18-,19+,20-,21-/m1/s1. The first kappa shape index (κ1) is 26.3. The summed E-state index contributed by atoms with van der Waals surface area (Å²) in [6, 6.07) is 0. The van der Waals surface area contributed by atoms with E-state index in [1.165, 1.54) is 0 Å². The van der Waals surface area contributed by atoms with Crippen molar-refractivity contribution in [3.63, 3.8) is 0 Å². The van der Waals surface area contributed by atoms with Gasteiger partial charge in [0.05, 0.1) is 0 Å². The quantitative estimate of drug-likeness (QED) is 0.390. The molecule has 9 nitrogen and oxygen atoms in total. The largest absolute Gasteiger partial charge is 0.463 e. The summed E-state index contributed by atoms with van der Waals surface area (Å²) in [7, 11) is 0. The van der Waals surface area contributed by atoms with Gasteiger partial charge in [0.1, 0.15) is 18.8 Å². The number of aliphatic hydroxyl groups is 2. The van der Waals surface area contributed by atoms with Crippen molar-refractivity contribution in [3.05, 3.63) is 0 Å². The molecule has 5 atom stereocenters. The fourth-order valence-electron chi connectivity index (χ4n) is 2.94. The third-order valence-electron chi connectivity index (χ3n) is 4.30. The minimum atomic E-state index is -1.66. The van der Waals surface area contributed by atoms with Crippen molar-refractivity contribution in [3.8, 4) is 0 Å². The van der Waals surface area contributed by atoms with Gasteiger partial charge in [0, 0.05) is 19.3 Å². The lowest BCUT2D eigenvalue weighted by Gasteiger charge is -2.41. The number of esters is 3. The highest BCUT2D eigenvalue weighted by atomic mass is 16.7. The molecule has 174 valence electrons. The molecule has 9 heteroatoms. The van der Waals surface area contributed by atoms with E-state index in [2.05, 4.69) is 0 Å². The van der Waals surface area contributed by atoms with Crippen molar-refractivity contribution in [2.75, 3.05) is 6.61 Å². The molecule has 0 radical (unpaired) electrons. The number of hydrogen-bond donors (Lipinski definition) is 2. The molecule has 1 saturated heterocycles. The SMILES string of the molecule is CC(C)CC(=O)OC[C@H]1O[C@@H](O)[C@H](OC(=O)CC(C)C)[C@@H](OC(=O)CC(C)C)[C@@H]1O. The minimum absolute atomic E-state index is 0.00846. The van der Waals surface area contributed by atoms with Gasteiger partial charge in [0.15, 0.2) is 18.5 Å². The molecule has 0 aromatic heterocycles. The van der Waals surface area contributed by atoms with Crippen LogP contribution < -0.4 is 0 Å². The van der Waals surface area contributed by atoms with E-state index >= 15 is 0 Å². The van der Waals surface area contributed by atoms with Crippen LogP contribution in [0.4, 0.5) is 0 Å². The summed E-state index contributed by atoms with van der Waals surface area (Å²) in [5.41, 5.74) is 0. The van der Waals surface area contributed by atoms with Gasteiger partial charge in [-0.2, -0.15) is 0 Å². The van der Waals surface area contributed by atoms with Crippen molar-refractivity contribution >= 4 is 17.9 Å². The van der Waals surface area contributed by atoms with Gasteiger partial charge in [-0.05, 0) is 17.8 Å². The molecule has 0 spiro atoms. The minimum Gasteiger partial charge on any atom is -0.463 e. The Labute approximate surface area is 178 Å². The number of ether oxygens (including phenoxy) is 4. The zero-order valence-corrected chi connectivity index (χ0v) is 18.7. The Hall–Kier alpha value is -1.71. The first-order valence-corrected chi connectivity index (χ1v) is 10.5. The van der Waals surface area contributed by atoms with Crippen LogP contribution in [0.3, 0.4) is 0 Å². The Morgan fingerprint density at radius 2 is 1.20 bits per heavy atom. The normalized spacial score (nSPS) is 26.7. The Kier molecular flexibility index (Phi) is 10.7. The molecule has 1 heterocycles. The molecular formula is C21H36O9. The van der Waals surface area contributed by atoms with Crippen molar-refractivity contribution in [1.29, 1.82) is 0 Å². The maximum absolute atomic E-state index is 12.2. The van der Waals surface area contributed by atoms with Crippen LogP contribution in [-0.2, 0) is 33.3 Å². The van der Waals surface area contributed by atoms with Crippen LogP contribution in [0.25, 0.3) is 0 Å². The zero-order valence-electron chi connectivity index (χ0n) is 18.7. The topological polar surface area (TPSA) is 129 Å². The highest BCUT2D eigenvalue weighted by molar-refractivity contribution is 5.71.